The number of rotatable bonds is 5. The van der Waals surface area contributed by atoms with E-state index in [2.05, 4.69) is 23.3 Å². The van der Waals surface area contributed by atoms with E-state index in [0.29, 0.717) is 0 Å². The molecule has 1 aliphatic carbocycles. The molecule has 94 valence electrons. The molecular formula is C13H22N4. The second-order valence-electron chi connectivity index (χ2n) is 4.80. The molecule has 0 bridgehead atoms. The largest absolute Gasteiger partial charge is 0.322 e. The molecule has 1 unspecified atom stereocenters. The van der Waals surface area contributed by atoms with Crippen LogP contribution < -0.4 is 5.73 Å². The van der Waals surface area contributed by atoms with Crippen LogP contribution in [-0.4, -0.2) is 15.0 Å². The van der Waals surface area contributed by atoms with Gasteiger partial charge in [-0.3, -0.25) is 0 Å². The van der Waals surface area contributed by atoms with Crippen LogP contribution in [0.5, 0.6) is 0 Å². The summed E-state index contributed by atoms with van der Waals surface area (Å²) in [6.07, 6.45) is 11.3. The third-order valence-corrected chi connectivity index (χ3v) is 3.33. The Bertz CT molecular complexity index is 381. The molecule has 1 aromatic rings. The molecule has 0 radical (unpaired) electrons. The molecule has 4 heteroatoms. The van der Waals surface area contributed by atoms with Crippen molar-refractivity contribution in [1.82, 2.24) is 15.0 Å². The minimum absolute atomic E-state index is 0.0425. The van der Waals surface area contributed by atoms with Gasteiger partial charge >= 0.3 is 0 Å². The molecule has 1 aromatic heterocycles. The zero-order valence-corrected chi connectivity index (χ0v) is 10.6. The van der Waals surface area contributed by atoms with Crippen LogP contribution in [0.4, 0.5) is 0 Å². The van der Waals surface area contributed by atoms with Crippen molar-refractivity contribution in [2.75, 3.05) is 0 Å². The zero-order valence-electron chi connectivity index (χ0n) is 10.6. The third kappa shape index (κ3) is 3.16. The van der Waals surface area contributed by atoms with Crippen molar-refractivity contribution in [2.24, 2.45) is 5.73 Å². The monoisotopic (exact) mass is 234 g/mol. The van der Waals surface area contributed by atoms with Crippen molar-refractivity contribution in [3.8, 4) is 0 Å². The quantitative estimate of drug-likeness (QED) is 0.797. The van der Waals surface area contributed by atoms with Crippen molar-refractivity contribution in [1.29, 1.82) is 0 Å². The van der Waals surface area contributed by atoms with Crippen molar-refractivity contribution in [3.05, 3.63) is 23.5 Å². The highest BCUT2D eigenvalue weighted by atomic mass is 15.4. The van der Waals surface area contributed by atoms with Crippen LogP contribution in [0.1, 0.15) is 57.2 Å². The van der Waals surface area contributed by atoms with Gasteiger partial charge in [-0.05, 0) is 38.5 Å². The van der Waals surface area contributed by atoms with Gasteiger partial charge in [0, 0.05) is 6.54 Å². The van der Waals surface area contributed by atoms with E-state index in [4.69, 9.17) is 5.73 Å². The van der Waals surface area contributed by atoms with Crippen LogP contribution in [-0.2, 0) is 6.54 Å². The summed E-state index contributed by atoms with van der Waals surface area (Å²) in [6, 6.07) is 0.0425. The fourth-order valence-corrected chi connectivity index (χ4v) is 2.42. The van der Waals surface area contributed by atoms with E-state index < -0.39 is 0 Å². The Balaban J connectivity index is 2.00. The Morgan fingerprint density at radius 1 is 1.47 bits per heavy atom. The number of hydrogen-bond donors (Lipinski definition) is 1. The molecule has 17 heavy (non-hydrogen) atoms. The van der Waals surface area contributed by atoms with Crippen LogP contribution in [0.2, 0.25) is 0 Å². The van der Waals surface area contributed by atoms with Crippen LogP contribution in [0.25, 0.3) is 0 Å². The van der Waals surface area contributed by atoms with Gasteiger partial charge in [0.05, 0.1) is 17.9 Å². The maximum Gasteiger partial charge on any atom is 0.0757 e. The summed E-state index contributed by atoms with van der Waals surface area (Å²) in [6.45, 7) is 3.04. The zero-order chi connectivity index (χ0) is 12.1. The van der Waals surface area contributed by atoms with E-state index in [-0.39, 0.29) is 6.04 Å². The highest BCUT2D eigenvalue weighted by molar-refractivity contribution is 5.12. The number of aryl methyl sites for hydroxylation is 1. The molecule has 2 N–H and O–H groups in total. The van der Waals surface area contributed by atoms with Crippen molar-refractivity contribution >= 4 is 0 Å². The maximum absolute atomic E-state index is 6.26. The van der Waals surface area contributed by atoms with Crippen LogP contribution in [0.15, 0.2) is 17.8 Å². The molecule has 1 aliphatic rings. The Hall–Kier alpha value is -1.16. The molecule has 4 nitrogen and oxygen atoms in total. The third-order valence-electron chi connectivity index (χ3n) is 3.33. The lowest BCUT2D eigenvalue weighted by atomic mass is 9.94. The van der Waals surface area contributed by atoms with E-state index in [1.165, 1.54) is 31.3 Å². The Morgan fingerprint density at radius 2 is 2.35 bits per heavy atom. The summed E-state index contributed by atoms with van der Waals surface area (Å²) < 4.78 is 1.94. The van der Waals surface area contributed by atoms with Crippen LogP contribution in [0, 0.1) is 0 Å². The highest BCUT2D eigenvalue weighted by Crippen LogP contribution is 2.25. The average molecular weight is 234 g/mol. The van der Waals surface area contributed by atoms with Crippen LogP contribution in [0.3, 0.4) is 0 Å². The number of aromatic nitrogens is 3. The molecule has 0 saturated carbocycles. The van der Waals surface area contributed by atoms with Gasteiger partial charge in [-0.2, -0.15) is 0 Å². The first kappa shape index (κ1) is 12.3. The lowest BCUT2D eigenvalue weighted by molar-refractivity contribution is 0.519. The molecule has 0 fully saturated rings. The first-order valence-electron chi connectivity index (χ1n) is 6.63. The summed E-state index contributed by atoms with van der Waals surface area (Å²) in [5.41, 5.74) is 8.84. The number of nitrogens with zero attached hydrogens (tertiary/aromatic N) is 3. The lowest BCUT2D eigenvalue weighted by Crippen LogP contribution is -2.17. The Kier molecular flexibility index (Phi) is 4.31. The lowest BCUT2D eigenvalue weighted by Gasteiger charge is -2.17. The second-order valence-corrected chi connectivity index (χ2v) is 4.80. The summed E-state index contributed by atoms with van der Waals surface area (Å²) in [5.74, 6) is 0. The molecule has 0 spiro atoms. The van der Waals surface area contributed by atoms with Gasteiger partial charge in [-0.1, -0.05) is 23.8 Å². The van der Waals surface area contributed by atoms with Gasteiger partial charge in [-0.15, -0.1) is 5.10 Å². The number of hydrogen-bond acceptors (Lipinski definition) is 3. The molecule has 1 heterocycles. The summed E-state index contributed by atoms with van der Waals surface area (Å²) >= 11 is 0. The standard InChI is InChI=1S/C13H22N4/c1-2-8-17-13(10-15-16-17)12(14)9-11-6-4-3-5-7-11/h6,10,12H,2-5,7-9,14H2,1H3. The van der Waals surface area contributed by atoms with Crippen molar-refractivity contribution in [2.45, 2.75) is 58.0 Å². The van der Waals surface area contributed by atoms with Gasteiger partial charge < -0.3 is 5.73 Å². The summed E-state index contributed by atoms with van der Waals surface area (Å²) in [5, 5.41) is 8.06. The van der Waals surface area contributed by atoms with Gasteiger partial charge in [-0.25, -0.2) is 4.68 Å². The molecule has 0 amide bonds. The van der Waals surface area contributed by atoms with E-state index >= 15 is 0 Å². The minimum atomic E-state index is 0.0425. The fourth-order valence-electron chi connectivity index (χ4n) is 2.42. The Morgan fingerprint density at radius 3 is 3.06 bits per heavy atom. The smallest absolute Gasteiger partial charge is 0.0757 e. The SMILES string of the molecule is CCCn1nncc1C(N)CC1=CCCCC1. The topological polar surface area (TPSA) is 56.7 Å². The van der Waals surface area contributed by atoms with Gasteiger partial charge in [0.1, 0.15) is 0 Å². The van der Waals surface area contributed by atoms with E-state index in [1.54, 1.807) is 0 Å². The molecule has 1 atom stereocenters. The van der Waals surface area contributed by atoms with Crippen LogP contribution >= 0.6 is 0 Å². The molecule has 0 saturated heterocycles. The maximum atomic E-state index is 6.26. The van der Waals surface area contributed by atoms with E-state index in [9.17, 15) is 0 Å². The molecule has 0 aliphatic heterocycles. The minimum Gasteiger partial charge on any atom is -0.322 e. The first-order chi connectivity index (χ1) is 8.31. The molecule has 2 rings (SSSR count). The van der Waals surface area contributed by atoms with Gasteiger partial charge in [0.15, 0.2) is 0 Å². The van der Waals surface area contributed by atoms with Crippen molar-refractivity contribution < 1.29 is 0 Å². The first-order valence-corrected chi connectivity index (χ1v) is 6.63. The highest BCUT2D eigenvalue weighted by Gasteiger charge is 2.15. The van der Waals surface area contributed by atoms with Gasteiger partial charge in [0.25, 0.3) is 0 Å². The van der Waals surface area contributed by atoms with E-state index in [1.807, 2.05) is 10.9 Å². The Labute approximate surface area is 103 Å². The summed E-state index contributed by atoms with van der Waals surface area (Å²) in [7, 11) is 0. The normalized spacial score (nSPS) is 17.9. The predicted octanol–water partition coefficient (Wildman–Crippen LogP) is 2.58. The molecule has 0 aromatic carbocycles. The van der Waals surface area contributed by atoms with E-state index in [0.717, 1.165) is 25.1 Å². The van der Waals surface area contributed by atoms with Gasteiger partial charge in [0.2, 0.25) is 0 Å². The fraction of sp³-hybridized carbons (Fsp3) is 0.692. The molecular weight excluding hydrogens is 212 g/mol. The second kappa shape index (κ2) is 5.96. The number of nitrogens with two attached hydrogens (primary N) is 1. The predicted molar refractivity (Wildman–Crippen MR) is 68.4 cm³/mol. The van der Waals surface area contributed by atoms with Crippen molar-refractivity contribution in [3.63, 3.8) is 0 Å². The number of allylic oxidation sites excluding steroid dienone is 1. The average Bonchev–Trinajstić information content (AvgIpc) is 2.79. The summed E-state index contributed by atoms with van der Waals surface area (Å²) in [4.78, 5) is 0.